The lowest BCUT2D eigenvalue weighted by Crippen LogP contribution is -2.49. The van der Waals surface area contributed by atoms with Crippen LogP contribution in [-0.2, 0) is 32.1 Å². The molecule has 0 radical (unpaired) electrons. The maximum atomic E-state index is 12.8. The summed E-state index contributed by atoms with van der Waals surface area (Å²) in [6.07, 6.45) is 0.262. The lowest BCUT2D eigenvalue weighted by Gasteiger charge is -2.43. The van der Waals surface area contributed by atoms with Crippen LogP contribution in [0.4, 0.5) is 0 Å². The molecular formula is C24H40N4O9P2. The van der Waals surface area contributed by atoms with Gasteiger partial charge < -0.3 is 27.6 Å². The summed E-state index contributed by atoms with van der Waals surface area (Å²) in [5.74, 6) is 1.28. The van der Waals surface area contributed by atoms with E-state index in [-0.39, 0.29) is 31.5 Å². The normalized spacial score (nSPS) is 23.1. The molecule has 3 unspecified atom stereocenters. The minimum Gasteiger partial charge on any atom is -0.374 e. The summed E-state index contributed by atoms with van der Waals surface area (Å²) < 4.78 is 51.1. The van der Waals surface area contributed by atoms with Crippen molar-refractivity contribution in [3.63, 3.8) is 0 Å². The zero-order valence-electron chi connectivity index (χ0n) is 23.5. The second-order valence-electron chi connectivity index (χ2n) is 9.18. The van der Waals surface area contributed by atoms with E-state index in [0.717, 1.165) is 0 Å². The van der Waals surface area contributed by atoms with Gasteiger partial charge in [0.15, 0.2) is 6.23 Å². The van der Waals surface area contributed by atoms with E-state index in [1.807, 2.05) is 34.6 Å². The molecule has 1 aliphatic rings. The van der Waals surface area contributed by atoms with Gasteiger partial charge in [-0.2, -0.15) is 5.26 Å². The van der Waals surface area contributed by atoms with Crippen molar-refractivity contribution in [2.75, 3.05) is 27.4 Å². The van der Waals surface area contributed by atoms with Crippen molar-refractivity contribution in [3.05, 3.63) is 45.0 Å². The first kappa shape index (κ1) is 33.5. The molecule has 0 aliphatic carbocycles. The Morgan fingerprint density at radius 2 is 1.92 bits per heavy atom. The van der Waals surface area contributed by atoms with Crippen LogP contribution in [0.25, 0.3) is 0 Å². The minimum atomic E-state index is -3.55. The lowest BCUT2D eigenvalue weighted by molar-refractivity contribution is -0.193. The van der Waals surface area contributed by atoms with Crippen LogP contribution < -0.4 is 11.2 Å². The molecule has 1 aliphatic heterocycles. The highest BCUT2D eigenvalue weighted by molar-refractivity contribution is 7.57. The summed E-state index contributed by atoms with van der Waals surface area (Å²) in [5.41, 5.74) is -1.20. The quantitative estimate of drug-likeness (QED) is 0.234. The Morgan fingerprint density at radius 1 is 1.26 bits per heavy atom. The van der Waals surface area contributed by atoms with Gasteiger partial charge in [0.25, 0.3) is 14.1 Å². The number of aromatic nitrogens is 2. The van der Waals surface area contributed by atoms with Crippen molar-refractivity contribution in [1.29, 1.82) is 5.26 Å². The van der Waals surface area contributed by atoms with Gasteiger partial charge in [-0.25, -0.2) is 9.46 Å². The fraction of sp³-hybridized carbons (Fsp3) is 0.708. The summed E-state index contributed by atoms with van der Waals surface area (Å²) in [6, 6.07) is 3.43. The van der Waals surface area contributed by atoms with E-state index in [1.165, 1.54) is 42.9 Å². The first-order valence-corrected chi connectivity index (χ1v) is 15.5. The van der Waals surface area contributed by atoms with Crippen LogP contribution in [0.2, 0.25) is 0 Å². The van der Waals surface area contributed by atoms with E-state index in [1.54, 1.807) is 0 Å². The molecule has 2 heterocycles. The van der Waals surface area contributed by atoms with Crippen LogP contribution in [0, 0.1) is 11.3 Å². The summed E-state index contributed by atoms with van der Waals surface area (Å²) in [7, 11) is -2.67. The van der Waals surface area contributed by atoms with Crippen molar-refractivity contribution in [2.45, 2.75) is 84.1 Å². The van der Waals surface area contributed by atoms with Gasteiger partial charge in [-0.3, -0.25) is 18.9 Å². The highest BCUT2D eigenvalue weighted by atomic mass is 31.2. The molecule has 1 fully saturated rings. The minimum absolute atomic E-state index is 0.0639. The third-order valence-electron chi connectivity index (χ3n) is 5.81. The molecule has 1 aromatic heterocycles. The predicted octanol–water partition coefficient (Wildman–Crippen LogP) is 3.89. The molecule has 0 saturated carbocycles. The number of nitrogens with one attached hydrogen (secondary N) is 1. The molecule has 220 valence electrons. The topological polar surface area (TPSA) is 154 Å². The standard InChI is InChI=1S/C24H40N4O9P2/c1-8-34-21-16-20(37-38(35-14-9-12-25)28(17(2)3)18(4)5)19(11-15-39(31,32-6)33-7)36-23(21)27-13-10-22(29)26-24(27)30/h10-11,13,15,17-21,23H,8-9,14,16H2,1-7H3,(H,26,29,30)/b15-11+/t19?,20-,21+,23?,38?/m0/s1. The Morgan fingerprint density at radius 3 is 2.46 bits per heavy atom. The van der Waals surface area contributed by atoms with Gasteiger partial charge in [-0.05, 0) is 40.7 Å². The van der Waals surface area contributed by atoms with Crippen LogP contribution >= 0.6 is 16.1 Å². The van der Waals surface area contributed by atoms with Gasteiger partial charge in [-0.1, -0.05) is 0 Å². The van der Waals surface area contributed by atoms with Crippen molar-refractivity contribution in [3.8, 4) is 6.07 Å². The average molecular weight is 591 g/mol. The summed E-state index contributed by atoms with van der Waals surface area (Å²) in [5, 5.41) is 9.04. The Balaban J connectivity index is 2.53. The van der Waals surface area contributed by atoms with E-state index < -0.39 is 51.9 Å². The number of H-pyrrole nitrogens is 1. The van der Waals surface area contributed by atoms with E-state index in [9.17, 15) is 14.2 Å². The Bertz CT molecular complexity index is 1120. The summed E-state index contributed by atoms with van der Waals surface area (Å²) >= 11 is 0. The fourth-order valence-corrected chi connectivity index (χ4v) is 6.64. The van der Waals surface area contributed by atoms with Gasteiger partial charge in [-0.15, -0.1) is 0 Å². The molecule has 39 heavy (non-hydrogen) atoms. The van der Waals surface area contributed by atoms with Crippen molar-refractivity contribution >= 4 is 16.1 Å². The van der Waals surface area contributed by atoms with Crippen LogP contribution in [-0.4, -0.2) is 72.1 Å². The van der Waals surface area contributed by atoms with Gasteiger partial charge >= 0.3 is 13.3 Å². The Labute approximate surface area is 230 Å². The molecule has 0 spiro atoms. The fourth-order valence-electron chi connectivity index (χ4n) is 4.12. The highest BCUT2D eigenvalue weighted by Crippen LogP contribution is 2.51. The second-order valence-corrected chi connectivity index (χ2v) is 12.7. The molecule has 1 N–H and O–H groups in total. The molecule has 13 nitrogen and oxygen atoms in total. The molecule has 2 rings (SSSR count). The van der Waals surface area contributed by atoms with Crippen LogP contribution in [0.1, 0.15) is 53.7 Å². The molecule has 0 amide bonds. The molecule has 1 saturated heterocycles. The van der Waals surface area contributed by atoms with Crippen LogP contribution in [0.3, 0.4) is 0 Å². The molecule has 1 aromatic rings. The Kier molecular flexibility index (Phi) is 13.7. The third-order valence-corrected chi connectivity index (χ3v) is 9.52. The molecule has 5 atom stereocenters. The first-order chi connectivity index (χ1) is 18.5. The number of hydrogen-bond donors (Lipinski definition) is 1. The zero-order chi connectivity index (χ0) is 29.2. The van der Waals surface area contributed by atoms with Gasteiger partial charge in [0.05, 0.1) is 25.2 Å². The number of aromatic amines is 1. The molecule has 15 heteroatoms. The van der Waals surface area contributed by atoms with E-state index in [4.69, 9.17) is 32.8 Å². The number of rotatable bonds is 15. The van der Waals surface area contributed by atoms with E-state index in [0.29, 0.717) is 6.61 Å². The summed E-state index contributed by atoms with van der Waals surface area (Å²) in [4.78, 5) is 26.5. The molecule has 0 bridgehead atoms. The van der Waals surface area contributed by atoms with Crippen molar-refractivity contribution in [1.82, 2.24) is 14.2 Å². The number of nitrogens with zero attached hydrogens (tertiary/aromatic N) is 3. The lowest BCUT2D eigenvalue weighted by atomic mass is 10.0. The summed E-state index contributed by atoms with van der Waals surface area (Å²) in [6.45, 7) is 10.4. The maximum absolute atomic E-state index is 12.8. The van der Waals surface area contributed by atoms with Crippen molar-refractivity contribution in [2.24, 2.45) is 0 Å². The van der Waals surface area contributed by atoms with Crippen LogP contribution in [0.5, 0.6) is 0 Å². The largest absolute Gasteiger partial charge is 0.374 e. The SMILES string of the molecule is CCO[C@@H]1C[C@H](OP(OCCC#N)N(C(C)C)C(C)C)C(/C=C/P(=O)(OC)OC)OC1n1ccc(=O)[nH]c1=O. The monoisotopic (exact) mass is 590 g/mol. The Hall–Kier alpha value is -1.71. The highest BCUT2D eigenvalue weighted by Gasteiger charge is 2.43. The van der Waals surface area contributed by atoms with E-state index >= 15 is 0 Å². The zero-order valence-corrected chi connectivity index (χ0v) is 25.3. The van der Waals surface area contributed by atoms with Crippen LogP contribution in [0.15, 0.2) is 33.7 Å². The molecular weight excluding hydrogens is 550 g/mol. The first-order valence-electron chi connectivity index (χ1n) is 12.7. The van der Waals surface area contributed by atoms with Gasteiger partial charge in [0, 0.05) is 57.4 Å². The number of hydrogen-bond acceptors (Lipinski definition) is 11. The second kappa shape index (κ2) is 15.9. The van der Waals surface area contributed by atoms with E-state index in [2.05, 4.69) is 15.7 Å². The smallest absolute Gasteiger partial charge is 0.353 e. The van der Waals surface area contributed by atoms with Crippen molar-refractivity contribution < 1.29 is 32.1 Å². The number of nitriles is 1. The predicted molar refractivity (Wildman–Crippen MR) is 146 cm³/mol. The third kappa shape index (κ3) is 9.42. The van der Waals surface area contributed by atoms with Gasteiger partial charge in [0.1, 0.15) is 12.2 Å². The van der Waals surface area contributed by atoms with Gasteiger partial charge in [0.2, 0.25) is 0 Å². The average Bonchev–Trinajstić information content (AvgIpc) is 2.88. The number of ether oxygens (including phenoxy) is 2. The maximum Gasteiger partial charge on any atom is 0.353 e. The molecule has 0 aromatic carbocycles.